The maximum atomic E-state index is 13.0. The molecule has 1 amide bonds. The third kappa shape index (κ3) is 2.85. The van der Waals surface area contributed by atoms with Crippen LogP contribution in [0.2, 0.25) is 0 Å². The average Bonchev–Trinajstić information content (AvgIpc) is 3.00. The summed E-state index contributed by atoms with van der Waals surface area (Å²) < 4.78 is 35.1. The maximum absolute atomic E-state index is 13.0. The number of hydrogen-bond donors (Lipinski definition) is 0. The number of hydrogen-bond acceptors (Lipinski definition) is 7. The highest BCUT2D eigenvalue weighted by Gasteiger charge is 2.62. The fourth-order valence-electron chi connectivity index (χ4n) is 3.77. The molecule has 4 saturated heterocycles. The molecule has 8 heteroatoms. The molecular weight excluding hydrogens is 318 g/mol. The van der Waals surface area contributed by atoms with Gasteiger partial charge in [-0.25, -0.2) is 0 Å². The maximum Gasteiger partial charge on any atom is 0.254 e. The summed E-state index contributed by atoms with van der Waals surface area (Å²) in [6.45, 7) is 9.48. The highest BCUT2D eigenvalue weighted by Crippen LogP contribution is 2.44. The molecule has 0 radical (unpaired) electrons. The fraction of sp³-hybridized carbons (Fsp3) is 0.938. The van der Waals surface area contributed by atoms with Gasteiger partial charge in [0.15, 0.2) is 24.0 Å². The Morgan fingerprint density at radius 2 is 1.46 bits per heavy atom. The number of amides is 1. The molecule has 0 aromatic rings. The first-order valence-electron chi connectivity index (χ1n) is 8.49. The lowest BCUT2D eigenvalue weighted by molar-refractivity contribution is -0.235. The molecule has 5 atom stereocenters. The van der Waals surface area contributed by atoms with E-state index in [-0.39, 0.29) is 5.91 Å². The minimum absolute atomic E-state index is 0.110. The van der Waals surface area contributed by atoms with Crippen LogP contribution in [0.5, 0.6) is 0 Å². The van der Waals surface area contributed by atoms with E-state index < -0.39 is 42.3 Å². The quantitative estimate of drug-likeness (QED) is 0.675. The van der Waals surface area contributed by atoms with Crippen LogP contribution in [0.4, 0.5) is 0 Å². The van der Waals surface area contributed by atoms with Gasteiger partial charge in [-0.15, -0.1) is 0 Å². The Kier molecular flexibility index (Phi) is 3.91. The van der Waals surface area contributed by atoms with Crippen LogP contribution in [0.3, 0.4) is 0 Å². The lowest BCUT2D eigenvalue weighted by atomic mass is 9.98. The monoisotopic (exact) mass is 343 g/mol. The van der Waals surface area contributed by atoms with E-state index >= 15 is 0 Å². The van der Waals surface area contributed by atoms with Crippen molar-refractivity contribution >= 4 is 5.91 Å². The predicted molar refractivity (Wildman–Crippen MR) is 79.9 cm³/mol. The molecular formula is C16H25NO7. The van der Waals surface area contributed by atoms with Crippen LogP contribution in [0.15, 0.2) is 0 Å². The minimum atomic E-state index is -0.798. The average molecular weight is 343 g/mol. The Labute approximate surface area is 141 Å². The molecule has 4 aliphatic heterocycles. The molecule has 0 bridgehead atoms. The van der Waals surface area contributed by atoms with Gasteiger partial charge in [0.1, 0.15) is 18.3 Å². The number of ether oxygens (including phenoxy) is 6. The van der Waals surface area contributed by atoms with Crippen molar-refractivity contribution in [2.45, 2.75) is 70.0 Å². The summed E-state index contributed by atoms with van der Waals surface area (Å²) in [5.74, 6) is -1.69. The number of morpholine rings is 1. The molecule has 4 fully saturated rings. The molecule has 8 nitrogen and oxygen atoms in total. The van der Waals surface area contributed by atoms with Gasteiger partial charge < -0.3 is 33.3 Å². The van der Waals surface area contributed by atoms with Crippen molar-refractivity contribution in [1.82, 2.24) is 4.90 Å². The van der Waals surface area contributed by atoms with E-state index in [4.69, 9.17) is 28.4 Å². The molecule has 0 spiro atoms. The van der Waals surface area contributed by atoms with Crippen LogP contribution < -0.4 is 0 Å². The van der Waals surface area contributed by atoms with E-state index in [1.54, 1.807) is 4.90 Å². The highest BCUT2D eigenvalue weighted by molar-refractivity contribution is 5.82. The van der Waals surface area contributed by atoms with Gasteiger partial charge in [0.05, 0.1) is 13.2 Å². The van der Waals surface area contributed by atoms with Crippen LogP contribution in [0.1, 0.15) is 27.7 Å². The van der Waals surface area contributed by atoms with Gasteiger partial charge in [-0.05, 0) is 27.7 Å². The minimum Gasteiger partial charge on any atom is -0.378 e. The molecule has 24 heavy (non-hydrogen) atoms. The number of nitrogens with zero attached hydrogens (tertiary/aromatic N) is 1. The van der Waals surface area contributed by atoms with E-state index in [0.29, 0.717) is 26.3 Å². The number of fused-ring (bicyclic) bond motifs is 3. The van der Waals surface area contributed by atoms with E-state index in [2.05, 4.69) is 0 Å². The third-order valence-electron chi connectivity index (χ3n) is 4.72. The second-order valence-corrected chi connectivity index (χ2v) is 7.53. The van der Waals surface area contributed by atoms with Crippen LogP contribution in [-0.2, 0) is 33.2 Å². The van der Waals surface area contributed by atoms with Crippen LogP contribution in [0, 0.1) is 0 Å². The van der Waals surface area contributed by atoms with E-state index in [0.717, 1.165) is 0 Å². The topological polar surface area (TPSA) is 75.7 Å². The van der Waals surface area contributed by atoms with Gasteiger partial charge in [0, 0.05) is 13.1 Å². The second-order valence-electron chi connectivity index (χ2n) is 7.53. The van der Waals surface area contributed by atoms with Crippen molar-refractivity contribution in [3.8, 4) is 0 Å². The summed E-state index contributed by atoms with van der Waals surface area (Å²) in [5, 5.41) is 0. The SMILES string of the molecule is CC1(C)O[C@H]2[C@@H](O1)[C@@H](C(=O)N1CCOCC1)O[C@@H]1OC(C)(C)O[C@@H]12. The van der Waals surface area contributed by atoms with E-state index in [9.17, 15) is 4.79 Å². The summed E-state index contributed by atoms with van der Waals surface area (Å²) >= 11 is 0. The van der Waals surface area contributed by atoms with Gasteiger partial charge in [-0.2, -0.15) is 0 Å². The van der Waals surface area contributed by atoms with E-state index in [1.165, 1.54) is 0 Å². The summed E-state index contributed by atoms with van der Waals surface area (Å²) in [6, 6.07) is 0. The summed E-state index contributed by atoms with van der Waals surface area (Å²) in [7, 11) is 0. The molecule has 0 unspecified atom stereocenters. The van der Waals surface area contributed by atoms with Gasteiger partial charge in [-0.1, -0.05) is 0 Å². The highest BCUT2D eigenvalue weighted by atomic mass is 16.9. The summed E-state index contributed by atoms with van der Waals surface area (Å²) in [4.78, 5) is 14.7. The lowest BCUT2D eigenvalue weighted by Crippen LogP contribution is -2.60. The van der Waals surface area contributed by atoms with Crippen molar-refractivity contribution in [2.24, 2.45) is 0 Å². The molecule has 0 saturated carbocycles. The summed E-state index contributed by atoms with van der Waals surface area (Å²) in [6.07, 6.45) is -2.76. The van der Waals surface area contributed by atoms with E-state index in [1.807, 2.05) is 27.7 Å². The lowest BCUT2D eigenvalue weighted by Gasteiger charge is -2.39. The molecule has 0 aromatic heterocycles. The zero-order valence-corrected chi connectivity index (χ0v) is 14.5. The molecule has 0 N–H and O–H groups in total. The van der Waals surface area contributed by atoms with Crippen LogP contribution in [0.25, 0.3) is 0 Å². The largest absolute Gasteiger partial charge is 0.378 e. The number of rotatable bonds is 1. The molecule has 0 aliphatic carbocycles. The zero-order chi connectivity index (χ0) is 17.1. The standard InChI is InChI=1S/C16H25NO7/c1-15(2)21-9-10(22-15)12-14(24-16(3,4)23-12)20-11(9)13(18)17-5-7-19-8-6-17/h9-12,14H,5-8H2,1-4H3/t9-,10+,11+,12-,14-/m1/s1. The smallest absolute Gasteiger partial charge is 0.254 e. The molecule has 4 aliphatic rings. The Bertz CT molecular complexity index is 517. The second kappa shape index (κ2) is 5.62. The van der Waals surface area contributed by atoms with Crippen LogP contribution in [-0.4, -0.2) is 79.4 Å². The first-order valence-corrected chi connectivity index (χ1v) is 8.49. The Morgan fingerprint density at radius 1 is 0.875 bits per heavy atom. The Balaban J connectivity index is 1.59. The molecule has 136 valence electrons. The Morgan fingerprint density at radius 3 is 2.17 bits per heavy atom. The number of carbonyl (C=O) groups is 1. The van der Waals surface area contributed by atoms with Crippen molar-refractivity contribution < 1.29 is 33.2 Å². The Hall–Kier alpha value is -0.770. The van der Waals surface area contributed by atoms with Crippen molar-refractivity contribution in [2.75, 3.05) is 26.3 Å². The number of carbonyl (C=O) groups excluding carboxylic acids is 1. The van der Waals surface area contributed by atoms with Crippen molar-refractivity contribution in [3.63, 3.8) is 0 Å². The predicted octanol–water partition coefficient (Wildman–Crippen LogP) is 0.242. The molecule has 4 heterocycles. The first-order chi connectivity index (χ1) is 11.3. The van der Waals surface area contributed by atoms with Crippen LogP contribution >= 0.6 is 0 Å². The van der Waals surface area contributed by atoms with Crippen molar-refractivity contribution in [3.05, 3.63) is 0 Å². The van der Waals surface area contributed by atoms with Gasteiger partial charge in [0.25, 0.3) is 5.91 Å². The van der Waals surface area contributed by atoms with Crippen molar-refractivity contribution in [1.29, 1.82) is 0 Å². The summed E-state index contributed by atoms with van der Waals surface area (Å²) in [5.41, 5.74) is 0. The van der Waals surface area contributed by atoms with Gasteiger partial charge in [-0.3, -0.25) is 4.79 Å². The normalized spacial score (nSPS) is 43.3. The first kappa shape index (κ1) is 16.7. The molecule has 4 rings (SSSR count). The third-order valence-corrected chi connectivity index (χ3v) is 4.72. The fourth-order valence-corrected chi connectivity index (χ4v) is 3.77. The van der Waals surface area contributed by atoms with Gasteiger partial charge >= 0.3 is 0 Å². The zero-order valence-electron chi connectivity index (χ0n) is 14.5. The van der Waals surface area contributed by atoms with Gasteiger partial charge in [0.2, 0.25) is 0 Å². The molecule has 0 aromatic carbocycles.